The van der Waals surface area contributed by atoms with E-state index in [1.165, 1.54) is 30.1 Å². The van der Waals surface area contributed by atoms with E-state index in [1.807, 2.05) is 6.92 Å². The molecule has 5 heteroatoms. The third-order valence-corrected chi connectivity index (χ3v) is 5.34. The molecule has 0 bridgehead atoms. The third kappa shape index (κ3) is 2.39. The third-order valence-electron chi connectivity index (χ3n) is 2.88. The minimum absolute atomic E-state index is 0.394. The van der Waals surface area contributed by atoms with Crippen LogP contribution in [0.4, 0.5) is 10.8 Å². The number of nitrogen functional groups attached to an aromatic ring is 1. The number of hydrogen-bond acceptors (Lipinski definition) is 5. The van der Waals surface area contributed by atoms with Crippen molar-refractivity contribution in [3.8, 4) is 0 Å². The molecule has 3 nitrogen and oxygen atoms in total. The molecule has 0 aromatic carbocycles. The van der Waals surface area contributed by atoms with Crippen molar-refractivity contribution in [2.45, 2.75) is 31.4 Å². The summed E-state index contributed by atoms with van der Waals surface area (Å²) in [6.07, 6.45) is 2.64. The summed E-state index contributed by atoms with van der Waals surface area (Å²) in [5, 5.41) is 4.60. The van der Waals surface area contributed by atoms with E-state index in [2.05, 4.69) is 28.4 Å². The average molecular weight is 243 g/mol. The Kier molecular flexibility index (Phi) is 3.11. The minimum atomic E-state index is 0.394. The molecule has 1 aromatic rings. The van der Waals surface area contributed by atoms with E-state index < -0.39 is 0 Å². The maximum absolute atomic E-state index is 5.71. The minimum Gasteiger partial charge on any atom is -0.383 e. The molecule has 1 atom stereocenters. The van der Waals surface area contributed by atoms with E-state index in [0.717, 1.165) is 17.1 Å². The van der Waals surface area contributed by atoms with Crippen molar-refractivity contribution in [3.63, 3.8) is 0 Å². The molecule has 1 aromatic heterocycles. The molecule has 84 valence electrons. The van der Waals surface area contributed by atoms with Crippen LogP contribution < -0.4 is 11.1 Å². The summed E-state index contributed by atoms with van der Waals surface area (Å²) in [6, 6.07) is 0. The molecule has 1 fully saturated rings. The molecule has 0 amide bonds. The summed E-state index contributed by atoms with van der Waals surface area (Å²) in [5.41, 5.74) is 6.80. The van der Waals surface area contributed by atoms with E-state index in [9.17, 15) is 0 Å². The van der Waals surface area contributed by atoms with Gasteiger partial charge in [-0.2, -0.15) is 16.1 Å². The molecular formula is C10H17N3S2. The molecule has 0 aliphatic carbocycles. The van der Waals surface area contributed by atoms with Crippen LogP contribution >= 0.6 is 23.3 Å². The molecule has 0 spiro atoms. The first-order valence-corrected chi connectivity index (χ1v) is 6.96. The van der Waals surface area contributed by atoms with E-state index in [-0.39, 0.29) is 0 Å². The summed E-state index contributed by atoms with van der Waals surface area (Å²) in [5.74, 6) is 1.95. The molecular weight excluding hydrogens is 226 g/mol. The number of rotatable bonds is 3. The Morgan fingerprint density at radius 3 is 2.93 bits per heavy atom. The lowest BCUT2D eigenvalue weighted by molar-refractivity contribution is 0.635. The lowest BCUT2D eigenvalue weighted by Gasteiger charge is -2.23. The Morgan fingerprint density at radius 1 is 1.60 bits per heavy atom. The van der Waals surface area contributed by atoms with Crippen molar-refractivity contribution < 1.29 is 0 Å². The Morgan fingerprint density at radius 2 is 2.40 bits per heavy atom. The molecule has 2 heterocycles. The summed E-state index contributed by atoms with van der Waals surface area (Å²) in [6.45, 7) is 5.36. The highest BCUT2D eigenvalue weighted by Crippen LogP contribution is 2.38. The van der Waals surface area contributed by atoms with Crippen LogP contribution in [0.3, 0.4) is 0 Å². The highest BCUT2D eigenvalue weighted by atomic mass is 32.2. The van der Waals surface area contributed by atoms with E-state index in [1.54, 1.807) is 0 Å². The van der Waals surface area contributed by atoms with Crippen LogP contribution in [0.5, 0.6) is 0 Å². The number of nitrogens with two attached hydrogens (primary N) is 1. The molecule has 3 N–H and O–H groups in total. The van der Waals surface area contributed by atoms with Gasteiger partial charge in [0.05, 0.1) is 0 Å². The lowest BCUT2D eigenvalue weighted by atomic mass is 10.1. The number of nitrogens with zero attached hydrogens (tertiary/aromatic N) is 1. The first kappa shape index (κ1) is 11.1. The normalized spacial score (nSPS) is 25.7. The predicted molar refractivity (Wildman–Crippen MR) is 69.9 cm³/mol. The maximum Gasteiger partial charge on any atom is 0.142 e. The van der Waals surface area contributed by atoms with Gasteiger partial charge in [-0.3, -0.25) is 0 Å². The van der Waals surface area contributed by atoms with Crippen molar-refractivity contribution in [2.75, 3.05) is 23.3 Å². The van der Waals surface area contributed by atoms with Crippen molar-refractivity contribution >= 4 is 34.1 Å². The number of thioether (sulfide) groups is 1. The second-order valence-corrected chi connectivity index (χ2v) is 6.73. The Hall–Kier alpha value is -0.420. The van der Waals surface area contributed by atoms with Gasteiger partial charge in [-0.1, -0.05) is 0 Å². The molecule has 2 rings (SSSR count). The van der Waals surface area contributed by atoms with Crippen LogP contribution in [-0.4, -0.2) is 21.4 Å². The smallest absolute Gasteiger partial charge is 0.142 e. The maximum atomic E-state index is 5.71. The van der Waals surface area contributed by atoms with Gasteiger partial charge in [0.25, 0.3) is 0 Å². The highest BCUT2D eigenvalue weighted by molar-refractivity contribution is 8.00. The summed E-state index contributed by atoms with van der Waals surface area (Å²) >= 11 is 3.53. The van der Waals surface area contributed by atoms with Crippen LogP contribution in [0.25, 0.3) is 0 Å². The Labute approximate surface area is 99.0 Å². The monoisotopic (exact) mass is 243 g/mol. The van der Waals surface area contributed by atoms with E-state index in [4.69, 9.17) is 5.73 Å². The summed E-state index contributed by atoms with van der Waals surface area (Å²) in [4.78, 5) is 0. The lowest BCUT2D eigenvalue weighted by Crippen LogP contribution is -2.26. The van der Waals surface area contributed by atoms with Gasteiger partial charge in [-0.25, -0.2) is 0 Å². The Bertz CT molecular complexity index is 342. The second kappa shape index (κ2) is 4.22. The topological polar surface area (TPSA) is 50.9 Å². The van der Waals surface area contributed by atoms with Crippen LogP contribution in [0, 0.1) is 6.92 Å². The standard InChI is InChI=1S/C10H17N3S2/c1-7-8(11)13-15-9(7)12-6-10(2)4-3-5-14-10/h12H,3-6H2,1-2H3,(H2,11,13). The van der Waals surface area contributed by atoms with E-state index in [0.29, 0.717) is 10.6 Å². The summed E-state index contributed by atoms with van der Waals surface area (Å²) < 4.78 is 4.53. The van der Waals surface area contributed by atoms with Gasteiger partial charge < -0.3 is 11.1 Å². The van der Waals surface area contributed by atoms with Gasteiger partial charge >= 0.3 is 0 Å². The quantitative estimate of drug-likeness (QED) is 0.857. The number of anilines is 2. The predicted octanol–water partition coefficient (Wildman–Crippen LogP) is 2.73. The van der Waals surface area contributed by atoms with Gasteiger partial charge in [-0.15, -0.1) is 0 Å². The van der Waals surface area contributed by atoms with Crippen LogP contribution in [-0.2, 0) is 0 Å². The molecule has 1 aliphatic heterocycles. The van der Waals surface area contributed by atoms with E-state index >= 15 is 0 Å². The molecule has 0 radical (unpaired) electrons. The molecule has 1 unspecified atom stereocenters. The zero-order valence-corrected chi connectivity index (χ0v) is 10.8. The second-order valence-electron chi connectivity index (χ2n) is 4.28. The Balaban J connectivity index is 1.95. The van der Waals surface area contributed by atoms with Crippen LogP contribution in [0.1, 0.15) is 25.3 Å². The van der Waals surface area contributed by atoms with Crippen molar-refractivity contribution in [1.82, 2.24) is 4.37 Å². The van der Waals surface area contributed by atoms with Gasteiger partial charge in [-0.05, 0) is 44.0 Å². The number of nitrogens with one attached hydrogen (secondary N) is 1. The molecule has 1 aliphatic rings. The largest absolute Gasteiger partial charge is 0.383 e. The van der Waals surface area contributed by atoms with Crippen LogP contribution in [0.15, 0.2) is 0 Å². The van der Waals surface area contributed by atoms with Gasteiger partial charge in [0.2, 0.25) is 0 Å². The molecule has 0 saturated carbocycles. The number of hydrogen-bond donors (Lipinski definition) is 2. The zero-order chi connectivity index (χ0) is 10.9. The zero-order valence-electron chi connectivity index (χ0n) is 9.17. The number of aromatic nitrogens is 1. The molecule has 1 saturated heterocycles. The first-order chi connectivity index (χ1) is 7.11. The van der Waals surface area contributed by atoms with Crippen molar-refractivity contribution in [1.29, 1.82) is 0 Å². The van der Waals surface area contributed by atoms with Gasteiger partial charge in [0.1, 0.15) is 10.8 Å². The van der Waals surface area contributed by atoms with Crippen molar-refractivity contribution in [3.05, 3.63) is 5.56 Å². The van der Waals surface area contributed by atoms with Gasteiger partial charge in [0.15, 0.2) is 0 Å². The SMILES string of the molecule is Cc1c(N)nsc1NCC1(C)CCCS1. The average Bonchev–Trinajstić information content (AvgIpc) is 2.75. The molecule has 15 heavy (non-hydrogen) atoms. The van der Waals surface area contributed by atoms with Crippen LogP contribution in [0.2, 0.25) is 0 Å². The fraction of sp³-hybridized carbons (Fsp3) is 0.700. The fourth-order valence-corrected chi connectivity index (χ4v) is 3.71. The first-order valence-electron chi connectivity index (χ1n) is 5.20. The highest BCUT2D eigenvalue weighted by Gasteiger charge is 2.29. The summed E-state index contributed by atoms with van der Waals surface area (Å²) in [7, 11) is 0. The van der Waals surface area contributed by atoms with Crippen molar-refractivity contribution in [2.24, 2.45) is 0 Å². The van der Waals surface area contributed by atoms with Gasteiger partial charge in [0, 0.05) is 16.9 Å². The fourth-order valence-electron chi connectivity index (χ4n) is 1.76.